The van der Waals surface area contributed by atoms with Crippen LogP contribution >= 0.6 is 0 Å². The fraction of sp³-hybridized carbons (Fsp3) is 0. The third-order valence-electron chi connectivity index (χ3n) is 2.45. The molecule has 0 radical (unpaired) electrons. The van der Waals surface area contributed by atoms with E-state index >= 15 is 0 Å². The highest BCUT2D eigenvalue weighted by atomic mass is 32.2. The van der Waals surface area contributed by atoms with Crippen LogP contribution in [0, 0.1) is 0 Å². The first-order valence-corrected chi connectivity index (χ1v) is 6.92. The van der Waals surface area contributed by atoms with E-state index in [1.165, 1.54) is 42.6 Å². The van der Waals surface area contributed by atoms with Gasteiger partial charge in [0.05, 0.1) is 16.1 Å². The molecule has 0 bridgehead atoms. The topological polar surface area (TPSA) is 116 Å². The fourth-order valence-corrected chi connectivity index (χ4v) is 2.51. The number of H-pyrrole nitrogens is 1. The lowest BCUT2D eigenvalue weighted by atomic mass is 10.2. The van der Waals surface area contributed by atoms with E-state index in [-0.39, 0.29) is 21.7 Å². The Morgan fingerprint density at radius 1 is 1.10 bits per heavy atom. The van der Waals surface area contributed by atoms with Crippen LogP contribution in [0.4, 0.5) is 5.69 Å². The summed E-state index contributed by atoms with van der Waals surface area (Å²) in [6.07, 6.45) is 1.23. The molecular weight excluding hydrogens is 284 g/mol. The molecule has 0 fully saturated rings. The molecule has 104 valence electrons. The van der Waals surface area contributed by atoms with Crippen molar-refractivity contribution in [1.29, 1.82) is 0 Å². The first-order chi connectivity index (χ1) is 9.38. The number of rotatable bonds is 4. The molecule has 0 aliphatic rings. The molecule has 1 heterocycles. The lowest BCUT2D eigenvalue weighted by molar-refractivity contribution is 0.0697. The van der Waals surface area contributed by atoms with Gasteiger partial charge in [-0.3, -0.25) is 9.52 Å². The van der Waals surface area contributed by atoms with Crippen LogP contribution in [0.5, 0.6) is 0 Å². The molecule has 0 atom stereocenters. The van der Waals surface area contributed by atoms with Crippen molar-refractivity contribution < 1.29 is 18.3 Å². The molecule has 2 aromatic rings. The fourth-order valence-electron chi connectivity index (χ4n) is 1.46. The van der Waals surface area contributed by atoms with Gasteiger partial charge >= 0.3 is 5.97 Å². The van der Waals surface area contributed by atoms with Crippen molar-refractivity contribution >= 4 is 21.7 Å². The summed E-state index contributed by atoms with van der Waals surface area (Å²) >= 11 is 0. The Morgan fingerprint density at radius 3 is 2.25 bits per heavy atom. The van der Waals surface area contributed by atoms with Gasteiger partial charge in [-0.1, -0.05) is 0 Å². The third-order valence-corrected chi connectivity index (χ3v) is 3.85. The van der Waals surface area contributed by atoms with E-state index in [2.05, 4.69) is 9.71 Å². The number of aromatic nitrogens is 1. The second-order valence-electron chi connectivity index (χ2n) is 3.88. The number of pyridine rings is 1. The number of aromatic amines is 1. The highest BCUT2D eigenvalue weighted by Gasteiger charge is 2.15. The Labute approximate surface area is 114 Å². The SMILES string of the molecule is O=C(O)c1ccc(S(=O)(=O)Nc2ccc(=O)[nH]c2)cc1. The Balaban J connectivity index is 2.28. The van der Waals surface area contributed by atoms with Crippen LogP contribution in [0.25, 0.3) is 0 Å². The van der Waals surface area contributed by atoms with Gasteiger partial charge < -0.3 is 10.1 Å². The van der Waals surface area contributed by atoms with Crippen LogP contribution in [-0.2, 0) is 10.0 Å². The predicted molar refractivity (Wildman–Crippen MR) is 71.3 cm³/mol. The van der Waals surface area contributed by atoms with Crippen LogP contribution in [-0.4, -0.2) is 24.5 Å². The van der Waals surface area contributed by atoms with Gasteiger partial charge in [-0.25, -0.2) is 13.2 Å². The third kappa shape index (κ3) is 3.04. The molecule has 8 heteroatoms. The van der Waals surface area contributed by atoms with Crippen LogP contribution in [0.1, 0.15) is 10.4 Å². The van der Waals surface area contributed by atoms with Crippen LogP contribution < -0.4 is 10.3 Å². The molecule has 0 saturated carbocycles. The summed E-state index contributed by atoms with van der Waals surface area (Å²) in [5.74, 6) is -1.14. The number of sulfonamides is 1. The zero-order valence-electron chi connectivity index (χ0n) is 10.0. The summed E-state index contributed by atoms with van der Waals surface area (Å²) in [5, 5.41) is 8.74. The number of carbonyl (C=O) groups is 1. The van der Waals surface area contributed by atoms with Crippen molar-refractivity contribution in [3.05, 3.63) is 58.5 Å². The van der Waals surface area contributed by atoms with Gasteiger partial charge in [0.2, 0.25) is 5.56 Å². The minimum atomic E-state index is -3.83. The molecule has 3 N–H and O–H groups in total. The van der Waals surface area contributed by atoms with Gasteiger partial charge in [0.1, 0.15) is 0 Å². The van der Waals surface area contributed by atoms with E-state index < -0.39 is 16.0 Å². The van der Waals surface area contributed by atoms with Crippen molar-refractivity contribution in [2.24, 2.45) is 0 Å². The Morgan fingerprint density at radius 2 is 1.75 bits per heavy atom. The lowest BCUT2D eigenvalue weighted by Gasteiger charge is -2.07. The Hall–Kier alpha value is -2.61. The number of carboxylic acid groups (broad SMARTS) is 1. The smallest absolute Gasteiger partial charge is 0.335 e. The maximum atomic E-state index is 12.0. The lowest BCUT2D eigenvalue weighted by Crippen LogP contribution is -2.14. The summed E-state index contributed by atoms with van der Waals surface area (Å²) in [6, 6.07) is 7.29. The normalized spacial score (nSPS) is 11.0. The van der Waals surface area contributed by atoms with E-state index in [0.29, 0.717) is 0 Å². The summed E-state index contributed by atoms with van der Waals surface area (Å²) in [5.41, 5.74) is -0.154. The maximum Gasteiger partial charge on any atom is 0.335 e. The summed E-state index contributed by atoms with van der Waals surface area (Å²) < 4.78 is 26.3. The number of hydrogen-bond donors (Lipinski definition) is 3. The number of hydrogen-bond acceptors (Lipinski definition) is 4. The summed E-state index contributed by atoms with van der Waals surface area (Å²) in [6.45, 7) is 0. The summed E-state index contributed by atoms with van der Waals surface area (Å²) in [7, 11) is -3.83. The summed E-state index contributed by atoms with van der Waals surface area (Å²) in [4.78, 5) is 23.8. The zero-order valence-corrected chi connectivity index (χ0v) is 10.8. The second kappa shape index (κ2) is 5.17. The van der Waals surface area contributed by atoms with Crippen molar-refractivity contribution in [2.45, 2.75) is 4.90 Å². The van der Waals surface area contributed by atoms with E-state index in [1.54, 1.807) is 0 Å². The van der Waals surface area contributed by atoms with Crippen LogP contribution in [0.15, 0.2) is 52.3 Å². The molecular formula is C12H10N2O5S. The molecule has 0 aliphatic heterocycles. The van der Waals surface area contributed by atoms with Crippen molar-refractivity contribution in [3.63, 3.8) is 0 Å². The van der Waals surface area contributed by atoms with Gasteiger partial charge in [0, 0.05) is 12.3 Å². The standard InChI is InChI=1S/C12H10N2O5S/c15-11-6-3-9(7-13-11)14-20(18,19)10-4-1-8(2-5-10)12(16)17/h1-7,14H,(H,13,15)(H,16,17). The first kappa shape index (κ1) is 13.8. The molecule has 20 heavy (non-hydrogen) atoms. The maximum absolute atomic E-state index is 12.0. The molecule has 1 aromatic heterocycles. The van der Waals surface area contributed by atoms with Gasteiger partial charge in [-0.05, 0) is 30.3 Å². The van der Waals surface area contributed by atoms with Gasteiger partial charge in [0.25, 0.3) is 10.0 Å². The molecule has 1 aromatic carbocycles. The Bertz CT molecular complexity index is 773. The largest absolute Gasteiger partial charge is 0.478 e. The van der Waals surface area contributed by atoms with Crippen LogP contribution in [0.2, 0.25) is 0 Å². The number of carboxylic acids is 1. The molecule has 2 rings (SSSR count). The molecule has 0 spiro atoms. The average molecular weight is 294 g/mol. The second-order valence-corrected chi connectivity index (χ2v) is 5.56. The van der Waals surface area contributed by atoms with Gasteiger partial charge in [0.15, 0.2) is 0 Å². The zero-order chi connectivity index (χ0) is 14.8. The highest BCUT2D eigenvalue weighted by Crippen LogP contribution is 2.15. The first-order valence-electron chi connectivity index (χ1n) is 5.43. The number of nitrogens with one attached hydrogen (secondary N) is 2. The number of aromatic carboxylic acids is 1. The van der Waals surface area contributed by atoms with E-state index in [4.69, 9.17) is 5.11 Å². The molecule has 7 nitrogen and oxygen atoms in total. The van der Waals surface area contributed by atoms with E-state index in [0.717, 1.165) is 0 Å². The monoisotopic (exact) mass is 294 g/mol. The molecule has 0 unspecified atom stereocenters. The minimum Gasteiger partial charge on any atom is -0.478 e. The van der Waals surface area contributed by atoms with Crippen molar-refractivity contribution in [2.75, 3.05) is 4.72 Å². The highest BCUT2D eigenvalue weighted by molar-refractivity contribution is 7.92. The van der Waals surface area contributed by atoms with Gasteiger partial charge in [-0.2, -0.15) is 0 Å². The van der Waals surface area contributed by atoms with Crippen LogP contribution in [0.3, 0.4) is 0 Å². The van der Waals surface area contributed by atoms with Crippen molar-refractivity contribution in [1.82, 2.24) is 4.98 Å². The van der Waals surface area contributed by atoms with Crippen molar-refractivity contribution in [3.8, 4) is 0 Å². The molecule has 0 aliphatic carbocycles. The quantitative estimate of drug-likeness (QED) is 0.773. The predicted octanol–water partition coefficient (Wildman–Crippen LogP) is 0.874. The van der Waals surface area contributed by atoms with Gasteiger partial charge in [-0.15, -0.1) is 0 Å². The Kier molecular flexibility index (Phi) is 3.57. The van der Waals surface area contributed by atoms with E-state index in [1.807, 2.05) is 0 Å². The average Bonchev–Trinajstić information content (AvgIpc) is 2.41. The number of benzene rings is 1. The molecule has 0 amide bonds. The molecule has 0 saturated heterocycles. The van der Waals surface area contributed by atoms with E-state index in [9.17, 15) is 18.0 Å². The number of anilines is 1. The minimum absolute atomic E-state index is 0.00649.